The fourth-order valence-electron chi connectivity index (χ4n) is 5.64. The second kappa shape index (κ2) is 7.44. The predicted octanol–water partition coefficient (Wildman–Crippen LogP) is 4.65. The standard InChI is InChI=1S/C28H20ClNO5/c1-14-7-10-16(11-8-14)23-21-22(27(34)30(26(21)33)20-13-17(29)12-9-15(20)2)28(35-23)24(31)18-5-3-4-6-19(18)25(28)32/h3-13,21-23H,1-2H3/t21-,22-,23+/m1/s1. The molecule has 1 spiro atoms. The summed E-state index contributed by atoms with van der Waals surface area (Å²) in [5, 5.41) is 0.365. The number of imide groups is 1. The van der Waals surface area contributed by atoms with E-state index < -0.39 is 46.9 Å². The molecule has 0 unspecified atom stereocenters. The molecule has 0 saturated carbocycles. The summed E-state index contributed by atoms with van der Waals surface area (Å²) < 4.78 is 6.30. The largest absolute Gasteiger partial charge is 0.349 e. The average molecular weight is 486 g/mol. The number of ether oxygens (including phenoxy) is 1. The summed E-state index contributed by atoms with van der Waals surface area (Å²) in [5.74, 6) is -4.61. The number of halogens is 1. The van der Waals surface area contributed by atoms with Crippen molar-refractivity contribution in [2.24, 2.45) is 11.8 Å². The van der Waals surface area contributed by atoms with Crippen molar-refractivity contribution in [1.29, 1.82) is 0 Å². The summed E-state index contributed by atoms with van der Waals surface area (Å²) in [6.07, 6.45) is -0.941. The first-order valence-electron chi connectivity index (χ1n) is 11.3. The zero-order valence-electron chi connectivity index (χ0n) is 18.9. The summed E-state index contributed by atoms with van der Waals surface area (Å²) in [7, 11) is 0. The van der Waals surface area contributed by atoms with Crippen LogP contribution in [0.25, 0.3) is 0 Å². The predicted molar refractivity (Wildman–Crippen MR) is 129 cm³/mol. The molecule has 1 aliphatic carbocycles. The number of benzene rings is 3. The number of carbonyl (C=O) groups excluding carboxylic acids is 4. The van der Waals surface area contributed by atoms with Crippen molar-refractivity contribution in [2.45, 2.75) is 25.6 Å². The number of fused-ring (bicyclic) bond motifs is 3. The first-order chi connectivity index (χ1) is 16.8. The van der Waals surface area contributed by atoms with Gasteiger partial charge in [0.1, 0.15) is 0 Å². The molecule has 3 aromatic rings. The quantitative estimate of drug-likeness (QED) is 0.390. The minimum Gasteiger partial charge on any atom is -0.349 e. The molecule has 174 valence electrons. The van der Waals surface area contributed by atoms with Crippen LogP contribution >= 0.6 is 11.6 Å². The molecule has 2 aliphatic heterocycles. The molecule has 2 amide bonds. The Labute approximate surface area is 206 Å². The zero-order valence-corrected chi connectivity index (χ0v) is 19.7. The smallest absolute Gasteiger partial charge is 0.241 e. The Kier molecular flexibility index (Phi) is 4.66. The highest BCUT2D eigenvalue weighted by molar-refractivity contribution is 6.37. The molecule has 0 radical (unpaired) electrons. The maximum Gasteiger partial charge on any atom is 0.241 e. The van der Waals surface area contributed by atoms with Gasteiger partial charge in [0.25, 0.3) is 0 Å². The molecule has 7 heteroatoms. The van der Waals surface area contributed by atoms with E-state index >= 15 is 0 Å². The van der Waals surface area contributed by atoms with Crippen LogP contribution in [0.15, 0.2) is 66.7 Å². The van der Waals surface area contributed by atoms with Crippen molar-refractivity contribution in [3.63, 3.8) is 0 Å². The third kappa shape index (κ3) is 2.81. The van der Waals surface area contributed by atoms with Crippen LogP contribution in [0.1, 0.15) is 43.5 Å². The highest BCUT2D eigenvalue weighted by Crippen LogP contribution is 2.57. The van der Waals surface area contributed by atoms with Gasteiger partial charge in [-0.15, -0.1) is 0 Å². The summed E-state index contributed by atoms with van der Waals surface area (Å²) in [5.41, 5.74) is 0.975. The lowest BCUT2D eigenvalue weighted by atomic mass is 9.77. The summed E-state index contributed by atoms with van der Waals surface area (Å²) in [6.45, 7) is 3.70. The topological polar surface area (TPSA) is 80.8 Å². The minimum atomic E-state index is -2.09. The summed E-state index contributed by atoms with van der Waals surface area (Å²) in [4.78, 5) is 56.5. The van der Waals surface area contributed by atoms with Crippen molar-refractivity contribution in [2.75, 3.05) is 4.90 Å². The van der Waals surface area contributed by atoms with Crippen LogP contribution in [0.5, 0.6) is 0 Å². The number of ketones is 2. The molecule has 0 bridgehead atoms. The van der Waals surface area contributed by atoms with E-state index in [1.54, 1.807) is 61.5 Å². The average Bonchev–Trinajstić information content (AvgIpc) is 3.41. The van der Waals surface area contributed by atoms with Gasteiger partial charge in [0, 0.05) is 16.1 Å². The van der Waals surface area contributed by atoms with Crippen molar-refractivity contribution in [3.8, 4) is 0 Å². The van der Waals surface area contributed by atoms with E-state index in [0.717, 1.165) is 10.5 Å². The molecule has 6 rings (SSSR count). The number of carbonyl (C=O) groups is 4. The number of anilines is 1. The van der Waals surface area contributed by atoms with Crippen LogP contribution in [-0.4, -0.2) is 29.0 Å². The third-order valence-electron chi connectivity index (χ3n) is 7.34. The number of rotatable bonds is 2. The molecule has 0 N–H and O–H groups in total. The lowest BCUT2D eigenvalue weighted by molar-refractivity contribution is -0.127. The fraction of sp³-hybridized carbons (Fsp3) is 0.214. The molecule has 3 atom stereocenters. The van der Waals surface area contributed by atoms with E-state index in [0.29, 0.717) is 21.8 Å². The van der Waals surface area contributed by atoms with E-state index in [-0.39, 0.29) is 11.1 Å². The van der Waals surface area contributed by atoms with Gasteiger partial charge in [-0.25, -0.2) is 4.90 Å². The third-order valence-corrected chi connectivity index (χ3v) is 7.57. The Hall–Kier alpha value is -3.61. The van der Waals surface area contributed by atoms with Crippen molar-refractivity contribution in [1.82, 2.24) is 0 Å². The van der Waals surface area contributed by atoms with Gasteiger partial charge in [-0.2, -0.15) is 0 Å². The lowest BCUT2D eigenvalue weighted by Crippen LogP contribution is -2.51. The number of hydrogen-bond donors (Lipinski definition) is 0. The molecule has 2 heterocycles. The fourth-order valence-corrected chi connectivity index (χ4v) is 5.80. The number of amides is 2. The van der Waals surface area contributed by atoms with E-state index in [2.05, 4.69) is 0 Å². The first kappa shape index (κ1) is 21.9. The molecule has 2 saturated heterocycles. The van der Waals surface area contributed by atoms with Gasteiger partial charge in [0.15, 0.2) is 0 Å². The number of aryl methyl sites for hydroxylation is 2. The van der Waals surface area contributed by atoms with Gasteiger partial charge in [-0.1, -0.05) is 71.8 Å². The maximum absolute atomic E-state index is 14.0. The van der Waals surface area contributed by atoms with Gasteiger partial charge in [0.05, 0.1) is 23.6 Å². The van der Waals surface area contributed by atoms with Crippen molar-refractivity contribution >= 4 is 40.7 Å². The SMILES string of the molecule is Cc1ccc([C@@H]2OC3(C(=O)c4ccccc4C3=O)[C@H]3C(=O)N(c4cc(Cl)ccc4C)C(=O)[C@@H]23)cc1. The Morgan fingerprint density at radius 1 is 0.829 bits per heavy atom. The maximum atomic E-state index is 14.0. The monoisotopic (exact) mass is 485 g/mol. The highest BCUT2D eigenvalue weighted by Gasteiger charge is 2.74. The Morgan fingerprint density at radius 3 is 2.09 bits per heavy atom. The molecule has 3 aliphatic rings. The van der Waals surface area contributed by atoms with Crippen LogP contribution in [0.3, 0.4) is 0 Å². The second-order valence-corrected chi connectivity index (χ2v) is 9.77. The van der Waals surface area contributed by atoms with Crippen LogP contribution in [0.4, 0.5) is 5.69 Å². The van der Waals surface area contributed by atoms with Crippen LogP contribution in [0.2, 0.25) is 5.02 Å². The summed E-state index contributed by atoms with van der Waals surface area (Å²) >= 11 is 6.20. The highest BCUT2D eigenvalue weighted by atomic mass is 35.5. The Balaban J connectivity index is 1.56. The van der Waals surface area contributed by atoms with Crippen molar-refractivity contribution in [3.05, 3.63) is 99.6 Å². The molecule has 6 nitrogen and oxygen atoms in total. The summed E-state index contributed by atoms with van der Waals surface area (Å²) in [6, 6.07) is 18.7. The molecule has 2 fully saturated rings. The van der Waals surface area contributed by atoms with E-state index in [4.69, 9.17) is 16.3 Å². The first-order valence-corrected chi connectivity index (χ1v) is 11.7. The molecular weight excluding hydrogens is 466 g/mol. The molecule has 0 aromatic heterocycles. The van der Waals surface area contributed by atoms with Gasteiger partial charge >= 0.3 is 0 Å². The minimum absolute atomic E-state index is 0.207. The number of Topliss-reactive ketones (excluding diaryl/α,β-unsaturated/α-hetero) is 2. The lowest BCUT2D eigenvalue weighted by Gasteiger charge is -2.27. The van der Waals surface area contributed by atoms with Gasteiger partial charge in [-0.3, -0.25) is 19.2 Å². The van der Waals surface area contributed by atoms with Crippen LogP contribution in [-0.2, 0) is 14.3 Å². The van der Waals surface area contributed by atoms with E-state index in [9.17, 15) is 19.2 Å². The second-order valence-electron chi connectivity index (χ2n) is 9.33. The Morgan fingerprint density at radius 2 is 1.46 bits per heavy atom. The normalized spacial score (nSPS) is 24.4. The molecule has 35 heavy (non-hydrogen) atoms. The number of hydrogen-bond acceptors (Lipinski definition) is 5. The van der Waals surface area contributed by atoms with Crippen LogP contribution in [0, 0.1) is 25.7 Å². The van der Waals surface area contributed by atoms with Crippen LogP contribution < -0.4 is 4.90 Å². The van der Waals surface area contributed by atoms with Gasteiger partial charge in [0.2, 0.25) is 29.0 Å². The van der Waals surface area contributed by atoms with E-state index in [1.807, 2.05) is 19.1 Å². The molecule has 3 aromatic carbocycles. The van der Waals surface area contributed by atoms with E-state index in [1.165, 1.54) is 0 Å². The van der Waals surface area contributed by atoms with Gasteiger partial charge in [-0.05, 0) is 37.1 Å². The van der Waals surface area contributed by atoms with Gasteiger partial charge < -0.3 is 4.74 Å². The van der Waals surface area contributed by atoms with Crippen molar-refractivity contribution < 1.29 is 23.9 Å². The number of nitrogens with zero attached hydrogens (tertiary/aromatic N) is 1. The zero-order chi connectivity index (χ0) is 24.6. The Bertz CT molecular complexity index is 1430. The molecular formula is C28H20ClNO5.